The quantitative estimate of drug-likeness (QED) is 0.189. The fourth-order valence-corrected chi connectivity index (χ4v) is 2.83. The molecule has 6 nitrogen and oxygen atoms in total. The highest BCUT2D eigenvalue weighted by atomic mass is 127. The molecule has 0 saturated heterocycles. The van der Waals surface area contributed by atoms with Crippen LogP contribution in [-0.2, 0) is 17.7 Å². The zero-order chi connectivity index (χ0) is 20.7. The lowest BCUT2D eigenvalue weighted by molar-refractivity contribution is 0.145. The van der Waals surface area contributed by atoms with Gasteiger partial charge in [-0.1, -0.05) is 30.3 Å². The minimum Gasteiger partial charge on any atom is -0.497 e. The fourth-order valence-electron chi connectivity index (χ4n) is 2.83. The fraction of sp³-hybridized carbons (Fsp3) is 0.435. The SMILES string of the molecule is CCOCCCNC(=NCc1ccc(OC)cc1)NCCc1ccccc1OC.I. The molecule has 166 valence electrons. The minimum atomic E-state index is 0. The van der Waals surface area contributed by atoms with E-state index >= 15 is 0 Å². The Morgan fingerprint density at radius 2 is 1.67 bits per heavy atom. The second-order valence-corrected chi connectivity index (χ2v) is 6.48. The van der Waals surface area contributed by atoms with Crippen molar-refractivity contribution >= 4 is 29.9 Å². The van der Waals surface area contributed by atoms with Gasteiger partial charge in [0.15, 0.2) is 5.96 Å². The standard InChI is InChI=1S/C23H33N3O3.HI/c1-4-29-17-7-15-24-23(26-18-19-10-12-21(27-2)13-11-19)25-16-14-20-8-5-6-9-22(20)28-3;/h5-6,8-13H,4,7,14-18H2,1-3H3,(H2,24,25,26);1H. The first-order chi connectivity index (χ1) is 14.3. The molecular formula is C23H34IN3O3. The van der Waals surface area contributed by atoms with E-state index < -0.39 is 0 Å². The smallest absolute Gasteiger partial charge is 0.191 e. The zero-order valence-electron chi connectivity index (χ0n) is 18.1. The lowest BCUT2D eigenvalue weighted by Gasteiger charge is -2.14. The summed E-state index contributed by atoms with van der Waals surface area (Å²) in [5.41, 5.74) is 2.30. The summed E-state index contributed by atoms with van der Waals surface area (Å²) in [6.07, 6.45) is 1.79. The van der Waals surface area contributed by atoms with Crippen molar-refractivity contribution in [2.75, 3.05) is 40.5 Å². The summed E-state index contributed by atoms with van der Waals surface area (Å²) in [6, 6.07) is 16.1. The van der Waals surface area contributed by atoms with Crippen molar-refractivity contribution in [2.24, 2.45) is 4.99 Å². The Labute approximate surface area is 197 Å². The first-order valence-electron chi connectivity index (χ1n) is 10.1. The molecule has 0 radical (unpaired) electrons. The number of nitrogens with zero attached hydrogens (tertiary/aromatic N) is 1. The molecule has 0 saturated carbocycles. The van der Waals surface area contributed by atoms with Gasteiger partial charge in [0.2, 0.25) is 0 Å². The second kappa shape index (κ2) is 15.8. The number of rotatable bonds is 12. The summed E-state index contributed by atoms with van der Waals surface area (Å²) < 4.78 is 16.0. The first-order valence-corrected chi connectivity index (χ1v) is 10.1. The van der Waals surface area contributed by atoms with Crippen LogP contribution in [0.15, 0.2) is 53.5 Å². The van der Waals surface area contributed by atoms with E-state index in [0.717, 1.165) is 62.2 Å². The number of hydrogen-bond donors (Lipinski definition) is 2. The van der Waals surface area contributed by atoms with E-state index in [1.807, 2.05) is 49.4 Å². The van der Waals surface area contributed by atoms with Crippen molar-refractivity contribution < 1.29 is 14.2 Å². The second-order valence-electron chi connectivity index (χ2n) is 6.48. The Morgan fingerprint density at radius 3 is 2.37 bits per heavy atom. The molecular weight excluding hydrogens is 493 g/mol. The maximum atomic E-state index is 5.43. The van der Waals surface area contributed by atoms with Crippen molar-refractivity contribution in [1.29, 1.82) is 0 Å². The molecule has 0 bridgehead atoms. The molecule has 0 fully saturated rings. The third kappa shape index (κ3) is 9.67. The molecule has 2 N–H and O–H groups in total. The Kier molecular flexibility index (Phi) is 13.7. The molecule has 0 aromatic heterocycles. The molecule has 0 amide bonds. The van der Waals surface area contributed by atoms with Crippen molar-refractivity contribution in [1.82, 2.24) is 10.6 Å². The normalized spacial score (nSPS) is 10.8. The number of nitrogens with one attached hydrogen (secondary N) is 2. The van der Waals surface area contributed by atoms with Gasteiger partial charge in [-0.15, -0.1) is 24.0 Å². The van der Waals surface area contributed by atoms with Crippen LogP contribution in [-0.4, -0.2) is 46.5 Å². The Bertz CT molecular complexity index is 739. The van der Waals surface area contributed by atoms with Crippen LogP contribution < -0.4 is 20.1 Å². The van der Waals surface area contributed by atoms with Gasteiger partial charge in [-0.3, -0.25) is 0 Å². The predicted molar refractivity (Wildman–Crippen MR) is 133 cm³/mol. The Hall–Kier alpha value is -2.00. The van der Waals surface area contributed by atoms with E-state index in [9.17, 15) is 0 Å². The molecule has 2 aromatic rings. The van der Waals surface area contributed by atoms with E-state index in [4.69, 9.17) is 19.2 Å². The average Bonchev–Trinajstić information content (AvgIpc) is 2.77. The molecule has 0 aliphatic carbocycles. The van der Waals surface area contributed by atoms with Crippen LogP contribution in [0.4, 0.5) is 0 Å². The number of ether oxygens (including phenoxy) is 3. The highest BCUT2D eigenvalue weighted by Gasteiger charge is 2.03. The third-order valence-corrected chi connectivity index (χ3v) is 4.42. The maximum absolute atomic E-state index is 5.43. The van der Waals surface area contributed by atoms with Crippen LogP contribution in [0.5, 0.6) is 11.5 Å². The molecule has 0 spiro atoms. The highest BCUT2D eigenvalue weighted by Crippen LogP contribution is 2.17. The molecule has 0 aliphatic rings. The summed E-state index contributed by atoms with van der Waals surface area (Å²) in [7, 11) is 3.37. The van der Waals surface area contributed by atoms with E-state index in [2.05, 4.69) is 16.7 Å². The van der Waals surface area contributed by atoms with E-state index in [-0.39, 0.29) is 24.0 Å². The summed E-state index contributed by atoms with van der Waals surface area (Å²) in [4.78, 5) is 4.72. The molecule has 0 heterocycles. The number of methoxy groups -OCH3 is 2. The van der Waals surface area contributed by atoms with Gasteiger partial charge in [-0.05, 0) is 49.1 Å². The predicted octanol–water partition coefficient (Wildman–Crippen LogP) is 4.03. The number of aliphatic imine (C=N–C) groups is 1. The van der Waals surface area contributed by atoms with Gasteiger partial charge in [-0.2, -0.15) is 0 Å². The van der Waals surface area contributed by atoms with Gasteiger partial charge < -0.3 is 24.8 Å². The molecule has 7 heteroatoms. The van der Waals surface area contributed by atoms with Gasteiger partial charge in [0.25, 0.3) is 0 Å². The minimum absolute atomic E-state index is 0. The summed E-state index contributed by atoms with van der Waals surface area (Å²) in [5.74, 6) is 2.56. The zero-order valence-corrected chi connectivity index (χ0v) is 20.5. The summed E-state index contributed by atoms with van der Waals surface area (Å²) >= 11 is 0. The summed E-state index contributed by atoms with van der Waals surface area (Å²) in [5, 5.41) is 6.81. The molecule has 0 aliphatic heterocycles. The first kappa shape index (κ1) is 26.0. The summed E-state index contributed by atoms with van der Waals surface area (Å²) in [6.45, 7) is 5.67. The van der Waals surface area contributed by atoms with Gasteiger partial charge in [-0.25, -0.2) is 4.99 Å². The molecule has 2 rings (SSSR count). The van der Waals surface area contributed by atoms with Crippen molar-refractivity contribution in [3.63, 3.8) is 0 Å². The molecule has 30 heavy (non-hydrogen) atoms. The lowest BCUT2D eigenvalue weighted by atomic mass is 10.1. The number of hydrogen-bond acceptors (Lipinski definition) is 4. The van der Waals surface area contributed by atoms with Crippen LogP contribution in [0.2, 0.25) is 0 Å². The van der Waals surface area contributed by atoms with Crippen LogP contribution >= 0.6 is 24.0 Å². The van der Waals surface area contributed by atoms with E-state index in [0.29, 0.717) is 6.54 Å². The largest absolute Gasteiger partial charge is 0.497 e. The molecule has 0 atom stereocenters. The van der Waals surface area contributed by atoms with Gasteiger partial charge in [0, 0.05) is 26.3 Å². The number of halogens is 1. The number of guanidine groups is 1. The van der Waals surface area contributed by atoms with Crippen LogP contribution in [0.3, 0.4) is 0 Å². The van der Waals surface area contributed by atoms with E-state index in [1.165, 1.54) is 5.56 Å². The highest BCUT2D eigenvalue weighted by molar-refractivity contribution is 14.0. The van der Waals surface area contributed by atoms with Crippen LogP contribution in [0.1, 0.15) is 24.5 Å². The topological polar surface area (TPSA) is 64.1 Å². The third-order valence-electron chi connectivity index (χ3n) is 4.42. The molecule has 2 aromatic carbocycles. The van der Waals surface area contributed by atoms with Crippen molar-refractivity contribution in [3.8, 4) is 11.5 Å². The monoisotopic (exact) mass is 527 g/mol. The van der Waals surface area contributed by atoms with Crippen LogP contribution in [0, 0.1) is 0 Å². The Morgan fingerprint density at radius 1 is 0.933 bits per heavy atom. The number of benzene rings is 2. The number of para-hydroxylation sites is 1. The lowest BCUT2D eigenvalue weighted by Crippen LogP contribution is -2.39. The van der Waals surface area contributed by atoms with Gasteiger partial charge in [0.1, 0.15) is 11.5 Å². The van der Waals surface area contributed by atoms with Gasteiger partial charge in [0.05, 0.1) is 20.8 Å². The van der Waals surface area contributed by atoms with Crippen LogP contribution in [0.25, 0.3) is 0 Å². The molecule has 0 unspecified atom stereocenters. The van der Waals surface area contributed by atoms with Gasteiger partial charge >= 0.3 is 0 Å². The average molecular weight is 527 g/mol. The van der Waals surface area contributed by atoms with Crippen molar-refractivity contribution in [3.05, 3.63) is 59.7 Å². The Balaban J connectivity index is 0.00000450. The van der Waals surface area contributed by atoms with E-state index in [1.54, 1.807) is 14.2 Å². The maximum Gasteiger partial charge on any atom is 0.191 e. The van der Waals surface area contributed by atoms with Crippen molar-refractivity contribution in [2.45, 2.75) is 26.3 Å².